The molecular weight excluding hydrogens is 135 g/mol. The summed E-state index contributed by atoms with van der Waals surface area (Å²) in [5, 5.41) is 0. The Labute approximate surface area is 49.3 Å². The second-order valence-corrected chi connectivity index (χ2v) is 1.52. The van der Waals surface area contributed by atoms with Crippen molar-refractivity contribution in [3.05, 3.63) is 12.3 Å². The fraction of sp³-hybridized carbons (Fsp3) is 0.500. The first-order chi connectivity index (χ1) is 4.11. The Kier molecular flexibility index (Phi) is 1.36. The third-order valence-corrected chi connectivity index (χ3v) is 0.832. The highest BCUT2D eigenvalue weighted by molar-refractivity contribution is 4.92. The number of halogens is 3. The van der Waals surface area contributed by atoms with Crippen LogP contribution in [-0.4, -0.2) is 12.2 Å². The molecule has 5 heteroatoms. The lowest BCUT2D eigenvalue weighted by molar-refractivity contribution is -0.158. The molecular formula is C4H3F3NO. The van der Waals surface area contributed by atoms with Gasteiger partial charge in [-0.05, 0) is 6.08 Å². The van der Waals surface area contributed by atoms with Gasteiger partial charge in [-0.2, -0.15) is 13.2 Å². The number of rotatable bonds is 0. The van der Waals surface area contributed by atoms with Crippen LogP contribution in [0.4, 0.5) is 13.2 Å². The van der Waals surface area contributed by atoms with Gasteiger partial charge in [0.2, 0.25) is 0 Å². The SMILES string of the molecule is FC(F)(F)C1C=[C]ON1. The second kappa shape index (κ2) is 1.91. The molecule has 0 saturated heterocycles. The van der Waals surface area contributed by atoms with Crippen molar-refractivity contribution in [2.75, 3.05) is 0 Å². The first-order valence-electron chi connectivity index (χ1n) is 2.17. The molecule has 0 amide bonds. The van der Waals surface area contributed by atoms with Gasteiger partial charge in [0.15, 0.2) is 12.3 Å². The van der Waals surface area contributed by atoms with Crippen LogP contribution < -0.4 is 5.48 Å². The zero-order valence-electron chi connectivity index (χ0n) is 4.20. The van der Waals surface area contributed by atoms with Crippen LogP contribution in [0.15, 0.2) is 6.08 Å². The molecule has 9 heavy (non-hydrogen) atoms. The molecule has 1 rings (SSSR count). The van der Waals surface area contributed by atoms with Gasteiger partial charge in [0.25, 0.3) is 0 Å². The van der Waals surface area contributed by atoms with Crippen LogP contribution in [0.5, 0.6) is 0 Å². The summed E-state index contributed by atoms with van der Waals surface area (Å²) in [5.41, 5.74) is 1.70. The summed E-state index contributed by atoms with van der Waals surface area (Å²) in [6, 6.07) is -1.70. The summed E-state index contributed by atoms with van der Waals surface area (Å²) in [6.45, 7) is 0. The van der Waals surface area contributed by atoms with Crippen molar-refractivity contribution in [3.8, 4) is 0 Å². The molecule has 0 spiro atoms. The van der Waals surface area contributed by atoms with Crippen molar-refractivity contribution in [1.29, 1.82) is 0 Å². The maximum Gasteiger partial charge on any atom is 0.410 e. The standard InChI is InChI=1S/C4H3F3NO/c5-4(6,7)3-1-2-9-8-3/h1,3,8H. The molecule has 1 aliphatic rings. The van der Waals surface area contributed by atoms with E-state index in [1.165, 1.54) is 0 Å². The summed E-state index contributed by atoms with van der Waals surface area (Å²) in [6.07, 6.45) is -1.57. The van der Waals surface area contributed by atoms with Crippen LogP contribution in [0.2, 0.25) is 0 Å². The van der Waals surface area contributed by atoms with E-state index in [2.05, 4.69) is 4.84 Å². The van der Waals surface area contributed by atoms with Crippen molar-refractivity contribution < 1.29 is 18.0 Å². The molecule has 1 heterocycles. The van der Waals surface area contributed by atoms with Gasteiger partial charge in [-0.1, -0.05) is 0 Å². The first kappa shape index (κ1) is 6.41. The van der Waals surface area contributed by atoms with E-state index >= 15 is 0 Å². The summed E-state index contributed by atoms with van der Waals surface area (Å²) < 4.78 is 34.6. The number of hydrogen-bond acceptors (Lipinski definition) is 2. The van der Waals surface area contributed by atoms with Gasteiger partial charge >= 0.3 is 6.18 Å². The van der Waals surface area contributed by atoms with Crippen LogP contribution in [-0.2, 0) is 4.84 Å². The smallest absolute Gasteiger partial charge is 0.404 e. The fourth-order valence-corrected chi connectivity index (χ4v) is 0.395. The normalized spacial score (nSPS) is 26.3. The Morgan fingerprint density at radius 3 is 2.44 bits per heavy atom. The molecule has 1 aliphatic heterocycles. The lowest BCUT2D eigenvalue weighted by Crippen LogP contribution is -2.36. The summed E-state index contributed by atoms with van der Waals surface area (Å²) >= 11 is 0. The predicted octanol–water partition coefficient (Wildman–Crippen LogP) is 0.769. The molecule has 1 radical (unpaired) electrons. The lowest BCUT2D eigenvalue weighted by Gasteiger charge is -2.10. The fourth-order valence-electron chi connectivity index (χ4n) is 0.395. The molecule has 1 N–H and O–H groups in total. The Morgan fingerprint density at radius 1 is 1.56 bits per heavy atom. The van der Waals surface area contributed by atoms with Crippen LogP contribution in [0.25, 0.3) is 0 Å². The molecule has 1 atom stereocenters. The van der Waals surface area contributed by atoms with E-state index in [0.717, 1.165) is 6.08 Å². The van der Waals surface area contributed by atoms with E-state index in [0.29, 0.717) is 0 Å². The van der Waals surface area contributed by atoms with Crippen LogP contribution in [0.1, 0.15) is 0 Å². The summed E-state index contributed by atoms with van der Waals surface area (Å²) in [4.78, 5) is 4.01. The second-order valence-electron chi connectivity index (χ2n) is 1.52. The van der Waals surface area contributed by atoms with Gasteiger partial charge in [-0.25, -0.2) is 0 Å². The average molecular weight is 138 g/mol. The van der Waals surface area contributed by atoms with E-state index < -0.39 is 12.2 Å². The van der Waals surface area contributed by atoms with Gasteiger partial charge in [0.05, 0.1) is 0 Å². The highest BCUT2D eigenvalue weighted by Gasteiger charge is 2.40. The minimum Gasteiger partial charge on any atom is -0.404 e. The Balaban J connectivity index is 2.53. The highest BCUT2D eigenvalue weighted by Crippen LogP contribution is 2.22. The van der Waals surface area contributed by atoms with E-state index in [1.54, 1.807) is 5.48 Å². The molecule has 0 bridgehead atoms. The largest absolute Gasteiger partial charge is 0.410 e. The number of alkyl halides is 3. The Bertz CT molecular complexity index is 130. The number of nitrogens with one attached hydrogen (secondary N) is 1. The van der Waals surface area contributed by atoms with Crippen LogP contribution in [0, 0.1) is 6.26 Å². The van der Waals surface area contributed by atoms with Crippen LogP contribution >= 0.6 is 0 Å². The summed E-state index contributed by atoms with van der Waals surface area (Å²) in [5.74, 6) is 0. The topological polar surface area (TPSA) is 21.3 Å². The molecule has 0 fully saturated rings. The molecule has 0 aromatic heterocycles. The molecule has 0 saturated carbocycles. The molecule has 0 aliphatic carbocycles. The van der Waals surface area contributed by atoms with E-state index in [4.69, 9.17) is 0 Å². The molecule has 2 nitrogen and oxygen atoms in total. The summed E-state index contributed by atoms with van der Waals surface area (Å²) in [7, 11) is 0. The third-order valence-electron chi connectivity index (χ3n) is 0.832. The first-order valence-corrected chi connectivity index (χ1v) is 2.17. The van der Waals surface area contributed by atoms with Gasteiger partial charge < -0.3 is 4.84 Å². The highest BCUT2D eigenvalue weighted by atomic mass is 19.4. The minimum atomic E-state index is -4.27. The zero-order valence-corrected chi connectivity index (χ0v) is 4.20. The quantitative estimate of drug-likeness (QED) is 0.533. The van der Waals surface area contributed by atoms with Crippen LogP contribution in [0.3, 0.4) is 0 Å². The van der Waals surface area contributed by atoms with Gasteiger partial charge in [0.1, 0.15) is 0 Å². The van der Waals surface area contributed by atoms with E-state index in [9.17, 15) is 13.2 Å². The lowest BCUT2D eigenvalue weighted by atomic mass is 10.3. The van der Waals surface area contributed by atoms with E-state index in [1.807, 2.05) is 6.26 Å². The van der Waals surface area contributed by atoms with Crippen molar-refractivity contribution >= 4 is 0 Å². The van der Waals surface area contributed by atoms with Gasteiger partial charge in [-0.15, -0.1) is 5.48 Å². The maximum atomic E-state index is 11.5. The van der Waals surface area contributed by atoms with E-state index in [-0.39, 0.29) is 0 Å². The molecule has 0 aromatic rings. The number of hydroxylamine groups is 1. The Morgan fingerprint density at radius 2 is 2.22 bits per heavy atom. The van der Waals surface area contributed by atoms with Crippen molar-refractivity contribution in [1.82, 2.24) is 5.48 Å². The zero-order chi connectivity index (χ0) is 6.91. The third kappa shape index (κ3) is 1.35. The molecule has 51 valence electrons. The van der Waals surface area contributed by atoms with Crippen molar-refractivity contribution in [3.63, 3.8) is 0 Å². The maximum absolute atomic E-state index is 11.5. The Hall–Kier alpha value is -0.710. The monoisotopic (exact) mass is 138 g/mol. The van der Waals surface area contributed by atoms with Crippen molar-refractivity contribution in [2.24, 2.45) is 0 Å². The average Bonchev–Trinajstić information content (AvgIpc) is 2.08. The predicted molar refractivity (Wildman–Crippen MR) is 21.9 cm³/mol. The minimum absolute atomic E-state index is 0.778. The van der Waals surface area contributed by atoms with Gasteiger partial charge in [0, 0.05) is 0 Å². The van der Waals surface area contributed by atoms with Crippen molar-refractivity contribution in [2.45, 2.75) is 12.2 Å². The molecule has 1 unspecified atom stereocenters. The molecule has 0 aromatic carbocycles. The van der Waals surface area contributed by atoms with Gasteiger partial charge in [-0.3, -0.25) is 0 Å². The number of hydrogen-bond donors (Lipinski definition) is 1.